The Kier molecular flexibility index (Phi) is 4.29. The van der Waals surface area contributed by atoms with E-state index in [1.807, 2.05) is 0 Å². The van der Waals surface area contributed by atoms with E-state index in [1.54, 1.807) is 13.8 Å². The zero-order chi connectivity index (χ0) is 12.5. The highest BCUT2D eigenvalue weighted by molar-refractivity contribution is 6.43. The van der Waals surface area contributed by atoms with Crippen molar-refractivity contribution in [3.63, 3.8) is 0 Å². The van der Waals surface area contributed by atoms with Crippen LogP contribution in [-0.2, 0) is 4.79 Å². The Bertz CT molecular complexity index is 265. The average molecular weight is 232 g/mol. The molecule has 0 saturated carbocycles. The summed E-state index contributed by atoms with van der Waals surface area (Å²) >= 11 is 0. The Labute approximate surface area is 94.6 Å². The fourth-order valence-corrected chi connectivity index (χ4v) is 1.83. The predicted octanol–water partition coefficient (Wildman–Crippen LogP) is -1.08. The molecule has 1 saturated heterocycles. The van der Waals surface area contributed by atoms with E-state index in [2.05, 4.69) is 0 Å². The third kappa shape index (κ3) is 2.72. The molecule has 1 heterocycles. The maximum atomic E-state index is 13.2. The van der Waals surface area contributed by atoms with Gasteiger partial charge < -0.3 is 20.7 Å². The summed E-state index contributed by atoms with van der Waals surface area (Å²) in [4.78, 5) is 13.0. The molecule has 0 radical (unpaired) electrons. The zero-order valence-electron chi connectivity index (χ0n) is 9.51. The summed E-state index contributed by atoms with van der Waals surface area (Å²) in [5.74, 6) is -1.37. The molecule has 7 heteroatoms. The number of carbonyl (C=O) groups excluding carboxylic acids is 1. The van der Waals surface area contributed by atoms with E-state index in [0.717, 1.165) is 4.90 Å². The topological polar surface area (TPSA) is 86.8 Å². The second kappa shape index (κ2) is 5.12. The normalized spacial score (nSPS) is 27.3. The van der Waals surface area contributed by atoms with Crippen LogP contribution in [0.25, 0.3) is 0 Å². The first-order chi connectivity index (χ1) is 7.34. The lowest BCUT2D eigenvalue weighted by Crippen LogP contribution is -2.52. The number of nitrogens with two attached hydrogens (primary N) is 1. The monoisotopic (exact) mass is 232 g/mol. The van der Waals surface area contributed by atoms with Gasteiger partial charge in [0.2, 0.25) is 5.91 Å². The van der Waals surface area contributed by atoms with Crippen molar-refractivity contribution in [1.82, 2.24) is 4.90 Å². The molecule has 92 valence electrons. The number of hydrogen-bond donors (Lipinski definition) is 3. The Morgan fingerprint density at radius 3 is 2.56 bits per heavy atom. The fraction of sp³-hybridized carbons (Fsp3) is 0.889. The quantitative estimate of drug-likeness (QED) is 0.540. The van der Waals surface area contributed by atoms with Crippen molar-refractivity contribution in [1.29, 1.82) is 0 Å². The van der Waals surface area contributed by atoms with Gasteiger partial charge in [-0.25, -0.2) is 4.39 Å². The van der Waals surface area contributed by atoms with E-state index in [4.69, 9.17) is 15.8 Å². The van der Waals surface area contributed by atoms with Gasteiger partial charge >= 0.3 is 7.12 Å². The molecular formula is C9H18BFN2O3. The van der Waals surface area contributed by atoms with Crippen molar-refractivity contribution in [3.8, 4) is 0 Å². The first kappa shape index (κ1) is 13.4. The molecule has 0 bridgehead atoms. The molecule has 0 aliphatic carbocycles. The molecule has 1 rings (SSSR count). The van der Waals surface area contributed by atoms with E-state index in [0.29, 0.717) is 0 Å². The van der Waals surface area contributed by atoms with Crippen LogP contribution in [0.5, 0.6) is 0 Å². The summed E-state index contributed by atoms with van der Waals surface area (Å²) in [7, 11) is -1.72. The molecule has 1 aliphatic heterocycles. The summed E-state index contributed by atoms with van der Waals surface area (Å²) in [6, 6.07) is -0.730. The molecule has 1 amide bonds. The highest BCUT2D eigenvalue weighted by atomic mass is 19.1. The number of carbonyl (C=O) groups is 1. The van der Waals surface area contributed by atoms with Gasteiger partial charge in [-0.2, -0.15) is 0 Å². The van der Waals surface area contributed by atoms with Crippen LogP contribution in [0.3, 0.4) is 0 Å². The third-order valence-corrected chi connectivity index (χ3v) is 2.92. The minimum Gasteiger partial charge on any atom is -0.426 e. The van der Waals surface area contributed by atoms with Crippen LogP contribution in [0.15, 0.2) is 0 Å². The maximum absolute atomic E-state index is 13.2. The van der Waals surface area contributed by atoms with Crippen LogP contribution in [-0.4, -0.2) is 52.7 Å². The molecule has 1 fully saturated rings. The van der Waals surface area contributed by atoms with E-state index < -0.39 is 31.2 Å². The van der Waals surface area contributed by atoms with Gasteiger partial charge in [0.05, 0.1) is 18.5 Å². The molecule has 0 aromatic heterocycles. The predicted molar refractivity (Wildman–Crippen MR) is 58.0 cm³/mol. The number of halogens is 1. The van der Waals surface area contributed by atoms with Gasteiger partial charge in [-0.1, -0.05) is 13.8 Å². The van der Waals surface area contributed by atoms with Gasteiger partial charge in [0.25, 0.3) is 0 Å². The van der Waals surface area contributed by atoms with Crippen LogP contribution < -0.4 is 5.73 Å². The number of hydrogen-bond acceptors (Lipinski definition) is 4. The van der Waals surface area contributed by atoms with Crippen LogP contribution in [0, 0.1) is 5.92 Å². The lowest BCUT2D eigenvalue weighted by atomic mass is 9.77. The molecule has 0 spiro atoms. The molecule has 1 aliphatic rings. The Morgan fingerprint density at radius 2 is 2.12 bits per heavy atom. The number of amides is 1. The van der Waals surface area contributed by atoms with Crippen molar-refractivity contribution in [3.05, 3.63) is 0 Å². The lowest BCUT2D eigenvalue weighted by Gasteiger charge is -2.27. The van der Waals surface area contributed by atoms with Crippen LogP contribution >= 0.6 is 0 Å². The third-order valence-electron chi connectivity index (χ3n) is 2.92. The molecule has 0 aromatic rings. The smallest absolute Gasteiger partial charge is 0.426 e. The van der Waals surface area contributed by atoms with Crippen LogP contribution in [0.1, 0.15) is 20.3 Å². The van der Waals surface area contributed by atoms with Gasteiger partial charge in [-0.05, 0) is 12.3 Å². The first-order valence-corrected chi connectivity index (χ1v) is 5.40. The molecule has 5 nitrogen and oxygen atoms in total. The Morgan fingerprint density at radius 1 is 1.56 bits per heavy atom. The minimum atomic E-state index is -1.72. The summed E-state index contributed by atoms with van der Waals surface area (Å²) < 4.78 is 13.2. The summed E-state index contributed by atoms with van der Waals surface area (Å²) in [5.41, 5.74) is 5.67. The van der Waals surface area contributed by atoms with Gasteiger partial charge in [0.1, 0.15) is 6.17 Å². The van der Waals surface area contributed by atoms with Crippen molar-refractivity contribution >= 4 is 13.0 Å². The Balaban J connectivity index is 2.74. The molecular weight excluding hydrogens is 214 g/mol. The molecule has 16 heavy (non-hydrogen) atoms. The van der Waals surface area contributed by atoms with E-state index in [-0.39, 0.29) is 18.9 Å². The first-order valence-electron chi connectivity index (χ1n) is 5.40. The molecule has 3 atom stereocenters. The van der Waals surface area contributed by atoms with Gasteiger partial charge in [0, 0.05) is 0 Å². The van der Waals surface area contributed by atoms with Crippen molar-refractivity contribution in [2.45, 2.75) is 38.4 Å². The maximum Gasteiger partial charge on any atom is 0.475 e. The second-order valence-electron chi connectivity index (χ2n) is 4.57. The largest absolute Gasteiger partial charge is 0.475 e. The molecule has 0 aromatic carbocycles. The lowest BCUT2D eigenvalue weighted by molar-refractivity contribution is -0.133. The van der Waals surface area contributed by atoms with Crippen molar-refractivity contribution in [2.75, 3.05) is 6.54 Å². The highest BCUT2D eigenvalue weighted by Gasteiger charge is 2.43. The number of rotatable bonds is 3. The van der Waals surface area contributed by atoms with Crippen molar-refractivity contribution < 1.29 is 19.2 Å². The number of nitrogens with zero attached hydrogens (tertiary/aromatic N) is 1. The zero-order valence-corrected chi connectivity index (χ0v) is 9.51. The number of likely N-dealkylation sites (tertiary alicyclic amines) is 1. The summed E-state index contributed by atoms with van der Waals surface area (Å²) in [6.07, 6.45) is -1.26. The fourth-order valence-electron chi connectivity index (χ4n) is 1.83. The molecule has 0 unspecified atom stereocenters. The minimum absolute atomic E-state index is 0.0474. The Hall–Kier alpha value is -0.655. The van der Waals surface area contributed by atoms with E-state index >= 15 is 0 Å². The SMILES string of the molecule is CC(C)[C@H](N)C(=O)N1C[C@@H](F)C[C@H]1B(O)O. The molecule has 4 N–H and O–H groups in total. The van der Waals surface area contributed by atoms with Crippen molar-refractivity contribution in [2.24, 2.45) is 11.7 Å². The second-order valence-corrected chi connectivity index (χ2v) is 4.57. The average Bonchev–Trinajstić information content (AvgIpc) is 2.58. The standard InChI is InChI=1S/C9H18BFN2O3/c1-5(2)8(12)9(14)13-4-6(11)3-7(13)10(15)16/h5-8,15-16H,3-4,12H2,1-2H3/t6-,7-,8-/m0/s1. The van der Waals surface area contributed by atoms with Crippen LogP contribution in [0.2, 0.25) is 0 Å². The van der Waals surface area contributed by atoms with Crippen LogP contribution in [0.4, 0.5) is 4.39 Å². The van der Waals surface area contributed by atoms with Gasteiger partial charge in [-0.15, -0.1) is 0 Å². The summed E-state index contributed by atoms with van der Waals surface area (Å²) in [6.45, 7) is 3.47. The summed E-state index contributed by atoms with van der Waals surface area (Å²) in [5, 5.41) is 18.1. The van der Waals surface area contributed by atoms with E-state index in [9.17, 15) is 9.18 Å². The van der Waals surface area contributed by atoms with Gasteiger partial charge in [0.15, 0.2) is 0 Å². The van der Waals surface area contributed by atoms with E-state index in [1.165, 1.54) is 0 Å². The number of alkyl halides is 1. The highest BCUT2D eigenvalue weighted by Crippen LogP contribution is 2.22. The van der Waals surface area contributed by atoms with Gasteiger partial charge in [-0.3, -0.25) is 4.79 Å².